The summed E-state index contributed by atoms with van der Waals surface area (Å²) in [7, 11) is 1.43. The predicted octanol–water partition coefficient (Wildman–Crippen LogP) is 18.2. The third-order valence-electron chi connectivity index (χ3n) is 12.5. The Labute approximate surface area is 455 Å². The number of carbonyl (C=O) groups is 2. The number of unbranched alkanes of at least 4 members (excludes halogenated alkanes) is 20. The maximum atomic E-state index is 13.5. The zero-order valence-corrected chi connectivity index (χ0v) is 49.2. The van der Waals surface area contributed by atoms with Gasteiger partial charge in [-0.25, -0.2) is 4.57 Å². The molecule has 0 saturated heterocycles. The number of hydrogen-bond donors (Lipinski definition) is 2. The Morgan fingerprint density at radius 2 is 0.878 bits per heavy atom. The molecule has 0 rings (SSSR count). The number of carbonyl (C=O) groups excluding carboxylic acids is 2. The van der Waals surface area contributed by atoms with Crippen molar-refractivity contribution >= 4 is 19.7 Å². The molecule has 0 aromatic rings. The Morgan fingerprint density at radius 3 is 1.35 bits per heavy atom. The lowest BCUT2D eigenvalue weighted by Gasteiger charge is -2.27. The average molecular weight is 1050 g/mol. The second-order valence-corrected chi connectivity index (χ2v) is 22.2. The molecule has 74 heavy (non-hydrogen) atoms. The normalized spacial score (nSPS) is 14.5. The molecule has 0 saturated carbocycles. The highest BCUT2D eigenvalue weighted by Crippen LogP contribution is 2.43. The highest BCUT2D eigenvalue weighted by atomic mass is 31.2. The van der Waals surface area contributed by atoms with Crippen LogP contribution in [0.5, 0.6) is 0 Å². The van der Waals surface area contributed by atoms with Gasteiger partial charge in [0.1, 0.15) is 19.3 Å². The maximum absolute atomic E-state index is 13.5. The van der Waals surface area contributed by atoms with Crippen LogP contribution in [0.4, 0.5) is 0 Å². The molecule has 1 amide bonds. The van der Waals surface area contributed by atoms with Crippen LogP contribution in [0.25, 0.3) is 0 Å². The van der Waals surface area contributed by atoms with Crippen LogP contribution in [-0.4, -0.2) is 74.3 Å². The van der Waals surface area contributed by atoms with Crippen molar-refractivity contribution in [2.24, 2.45) is 0 Å². The second-order valence-electron chi connectivity index (χ2n) is 20.8. The summed E-state index contributed by atoms with van der Waals surface area (Å²) in [6, 6.07) is -0.898. The molecule has 0 bridgehead atoms. The summed E-state index contributed by atoms with van der Waals surface area (Å²) in [5, 5.41) is 3.00. The van der Waals surface area contributed by atoms with Crippen LogP contribution in [0.15, 0.2) is 109 Å². The number of amides is 1. The van der Waals surface area contributed by atoms with Gasteiger partial charge in [-0.15, -0.1) is 0 Å². The first-order valence-corrected chi connectivity index (χ1v) is 31.2. The molecule has 0 aromatic carbocycles. The molecule has 9 nitrogen and oxygen atoms in total. The van der Waals surface area contributed by atoms with E-state index in [1.807, 2.05) is 45.4 Å². The fourth-order valence-electron chi connectivity index (χ4n) is 7.87. The number of nitrogens with zero attached hydrogens (tertiary/aromatic N) is 1. The van der Waals surface area contributed by atoms with Gasteiger partial charge in [-0.1, -0.05) is 227 Å². The number of allylic oxidation sites excluding steroid dienone is 17. The fourth-order valence-corrected chi connectivity index (χ4v) is 8.61. The summed E-state index contributed by atoms with van der Waals surface area (Å²) in [6.45, 7) is 6.79. The number of nitrogens with one attached hydrogen (secondary N) is 1. The Bertz CT molecular complexity index is 1640. The highest BCUT2D eigenvalue weighted by molar-refractivity contribution is 7.47. The monoisotopic (exact) mass is 1050 g/mol. The van der Waals surface area contributed by atoms with Crippen molar-refractivity contribution in [3.63, 3.8) is 0 Å². The van der Waals surface area contributed by atoms with Gasteiger partial charge < -0.3 is 19.4 Å². The standard InChI is InChI=1S/C64H111N2O7P/c1-7-10-13-16-19-22-25-28-30-32-33-35-36-38-41-44-47-50-53-56-63(67)65-61(60-72-74(69,70)71-59-58-66(4,5)6)62(55-52-49-46-43-40-27-24-21-18-15-12-9-3)73-64(68)57-54-51-48-45-42-39-37-34-31-29-26-23-20-17-14-11-8-2/h10,13,19-20,22-23,28-31,33,35,38,41,47,50,52,55,61-62H,7-9,11-12,14-18,21,24-27,32,34,36-37,39-40,42-46,48-49,51,53-54,56-60H2,1-6H3,(H-,65,67,69,70)/p+1/b13-10-,22-19-,23-20-,30-28-,31-29-,35-33-,41-38-,50-47-,55-52+. The Morgan fingerprint density at radius 1 is 0.486 bits per heavy atom. The Hall–Kier alpha value is -3.33. The molecule has 0 aliphatic heterocycles. The van der Waals surface area contributed by atoms with Gasteiger partial charge in [0.15, 0.2) is 0 Å². The minimum atomic E-state index is -4.47. The number of ether oxygens (including phenoxy) is 1. The zero-order valence-electron chi connectivity index (χ0n) is 48.3. The smallest absolute Gasteiger partial charge is 0.456 e. The van der Waals surface area contributed by atoms with Gasteiger partial charge in [-0.3, -0.25) is 18.6 Å². The predicted molar refractivity (Wildman–Crippen MR) is 318 cm³/mol. The van der Waals surface area contributed by atoms with Gasteiger partial charge in [0.2, 0.25) is 5.91 Å². The Balaban J connectivity index is 5.45. The molecule has 424 valence electrons. The summed E-state index contributed by atoms with van der Waals surface area (Å²) < 4.78 is 30.6. The van der Waals surface area contributed by atoms with Gasteiger partial charge in [0, 0.05) is 12.8 Å². The molecule has 10 heteroatoms. The van der Waals surface area contributed by atoms with E-state index in [0.717, 1.165) is 89.9 Å². The van der Waals surface area contributed by atoms with Crippen LogP contribution in [-0.2, 0) is 27.9 Å². The van der Waals surface area contributed by atoms with E-state index in [0.29, 0.717) is 23.9 Å². The first-order valence-electron chi connectivity index (χ1n) is 29.7. The SMILES string of the molecule is CC/C=C\C/C=C\C/C=C\C/C=C\C/C=C\C/C=C\CCC(=O)NC(COP(=O)(O)OCC[N+](C)(C)C)C(/C=C/CCCCCCCCCCCC)OC(=O)CCCCCCCCC/C=C\C/C=C\CCCCC. The molecule has 0 heterocycles. The van der Waals surface area contributed by atoms with Crippen LogP contribution in [0, 0.1) is 0 Å². The first-order chi connectivity index (χ1) is 35.9. The van der Waals surface area contributed by atoms with Crippen molar-refractivity contribution in [1.29, 1.82) is 0 Å². The molecule has 0 fully saturated rings. The van der Waals surface area contributed by atoms with E-state index in [9.17, 15) is 19.0 Å². The molecule has 0 aliphatic carbocycles. The van der Waals surface area contributed by atoms with E-state index in [1.54, 1.807) is 0 Å². The van der Waals surface area contributed by atoms with Crippen molar-refractivity contribution < 1.29 is 37.3 Å². The quantitative estimate of drug-likeness (QED) is 0.0205. The van der Waals surface area contributed by atoms with E-state index < -0.39 is 20.0 Å². The van der Waals surface area contributed by atoms with Crippen molar-refractivity contribution in [2.75, 3.05) is 40.9 Å². The van der Waals surface area contributed by atoms with Crippen molar-refractivity contribution in [3.05, 3.63) is 109 Å². The van der Waals surface area contributed by atoms with Crippen molar-refractivity contribution in [3.8, 4) is 0 Å². The van der Waals surface area contributed by atoms with E-state index in [4.69, 9.17) is 13.8 Å². The largest absolute Gasteiger partial charge is 0.472 e. The van der Waals surface area contributed by atoms with E-state index >= 15 is 0 Å². The number of phosphoric acid groups is 1. The van der Waals surface area contributed by atoms with Gasteiger partial charge in [0.25, 0.3) is 0 Å². The number of esters is 1. The van der Waals surface area contributed by atoms with Crippen LogP contribution in [0.2, 0.25) is 0 Å². The zero-order chi connectivity index (χ0) is 54.3. The fraction of sp³-hybridized carbons (Fsp3) is 0.688. The van der Waals surface area contributed by atoms with Gasteiger partial charge in [0.05, 0.1) is 33.8 Å². The van der Waals surface area contributed by atoms with E-state index in [-0.39, 0.29) is 37.9 Å². The van der Waals surface area contributed by atoms with Crippen LogP contribution in [0.3, 0.4) is 0 Å². The number of likely N-dealkylation sites (N-methyl/N-ethyl adjacent to an activating group) is 1. The number of quaternary nitrogens is 1. The van der Waals surface area contributed by atoms with Crippen molar-refractivity contribution in [1.82, 2.24) is 5.32 Å². The third kappa shape index (κ3) is 53.5. The van der Waals surface area contributed by atoms with Crippen LogP contribution >= 0.6 is 7.82 Å². The molecule has 3 unspecified atom stereocenters. The molecule has 0 radical (unpaired) electrons. The van der Waals surface area contributed by atoms with Crippen LogP contribution < -0.4 is 5.32 Å². The molecule has 2 N–H and O–H groups in total. The van der Waals surface area contributed by atoms with E-state index in [1.165, 1.54) is 96.3 Å². The van der Waals surface area contributed by atoms with Gasteiger partial charge in [-0.05, 0) is 102 Å². The summed E-state index contributed by atoms with van der Waals surface area (Å²) >= 11 is 0. The first kappa shape index (κ1) is 70.7. The Kier molecular flexibility index (Phi) is 50.7. The highest BCUT2D eigenvalue weighted by Gasteiger charge is 2.30. The second kappa shape index (κ2) is 53.1. The minimum absolute atomic E-state index is 0.0200. The maximum Gasteiger partial charge on any atom is 0.472 e. The number of hydrogen-bond acceptors (Lipinski definition) is 6. The topological polar surface area (TPSA) is 111 Å². The molecule has 0 spiro atoms. The molecular weight excluding hydrogens is 940 g/mol. The molecule has 3 atom stereocenters. The number of rotatable bonds is 52. The third-order valence-corrected chi connectivity index (χ3v) is 13.4. The van der Waals surface area contributed by atoms with E-state index in [2.05, 4.69) is 111 Å². The summed E-state index contributed by atoms with van der Waals surface area (Å²) in [4.78, 5) is 37.6. The lowest BCUT2D eigenvalue weighted by Crippen LogP contribution is -2.47. The number of phosphoric ester groups is 1. The van der Waals surface area contributed by atoms with Gasteiger partial charge >= 0.3 is 13.8 Å². The van der Waals surface area contributed by atoms with Crippen molar-refractivity contribution in [2.45, 2.75) is 245 Å². The van der Waals surface area contributed by atoms with Crippen LogP contribution in [0.1, 0.15) is 233 Å². The molecular formula is C64H112N2O7P+. The van der Waals surface area contributed by atoms with Gasteiger partial charge in [-0.2, -0.15) is 0 Å². The lowest BCUT2D eigenvalue weighted by molar-refractivity contribution is -0.870. The average Bonchev–Trinajstić information content (AvgIpc) is 3.36. The summed E-state index contributed by atoms with van der Waals surface area (Å²) in [6.07, 6.45) is 72.4. The summed E-state index contributed by atoms with van der Waals surface area (Å²) in [5.74, 6) is -0.618. The molecule has 0 aliphatic rings. The lowest BCUT2D eigenvalue weighted by atomic mass is 10.1. The molecule has 0 aromatic heterocycles. The minimum Gasteiger partial charge on any atom is -0.456 e. The summed E-state index contributed by atoms with van der Waals surface area (Å²) in [5.41, 5.74) is 0.